The van der Waals surface area contributed by atoms with Crippen molar-refractivity contribution in [2.45, 2.75) is 52.0 Å². The van der Waals surface area contributed by atoms with Gasteiger partial charge in [-0.05, 0) is 56.2 Å². The molecule has 0 aliphatic carbocycles. The highest BCUT2D eigenvalue weighted by Gasteiger charge is 2.28. The van der Waals surface area contributed by atoms with E-state index >= 15 is 0 Å². The number of hydroxylamine groups is 1. The molecule has 2 amide bonds. The highest BCUT2D eigenvalue weighted by molar-refractivity contribution is 6.07. The van der Waals surface area contributed by atoms with Gasteiger partial charge in [0.05, 0.1) is 5.52 Å². The van der Waals surface area contributed by atoms with E-state index in [0.29, 0.717) is 24.2 Å². The molecule has 0 fully saturated rings. The van der Waals surface area contributed by atoms with Gasteiger partial charge in [-0.1, -0.05) is 18.2 Å². The normalized spacial score (nSPS) is 15.5. The van der Waals surface area contributed by atoms with Gasteiger partial charge in [-0.2, -0.15) is 0 Å². The molecule has 1 aromatic heterocycles. The summed E-state index contributed by atoms with van der Waals surface area (Å²) < 4.78 is 7.54. The van der Waals surface area contributed by atoms with Crippen LogP contribution in [-0.2, 0) is 29.2 Å². The lowest BCUT2D eigenvalue weighted by atomic mass is 10.0. The SMILES string of the molecule is CC(C)(C)OC(=O)C1Cn2ccc3c(C(=O)NCc4ccc(C(=O)NO)cc4)ccc(c32)CN1. The molecule has 0 saturated heterocycles. The first-order chi connectivity index (χ1) is 16.2. The van der Waals surface area contributed by atoms with Crippen molar-refractivity contribution < 1.29 is 24.3 Å². The highest BCUT2D eigenvalue weighted by Crippen LogP contribution is 2.27. The molecule has 0 radical (unpaired) electrons. The summed E-state index contributed by atoms with van der Waals surface area (Å²) in [7, 11) is 0. The van der Waals surface area contributed by atoms with E-state index in [0.717, 1.165) is 22.0 Å². The minimum absolute atomic E-state index is 0.220. The smallest absolute Gasteiger partial charge is 0.325 e. The van der Waals surface area contributed by atoms with Gasteiger partial charge in [0.15, 0.2) is 0 Å². The van der Waals surface area contributed by atoms with Crippen molar-refractivity contribution in [3.8, 4) is 0 Å². The number of carbonyl (C=O) groups is 3. The Hall–Kier alpha value is -3.69. The molecule has 1 aliphatic rings. The highest BCUT2D eigenvalue weighted by atomic mass is 16.6. The zero-order chi connectivity index (χ0) is 24.5. The molecule has 1 atom stereocenters. The molecule has 9 heteroatoms. The molecule has 34 heavy (non-hydrogen) atoms. The first-order valence-corrected chi connectivity index (χ1v) is 11.0. The van der Waals surface area contributed by atoms with Gasteiger partial charge in [-0.15, -0.1) is 0 Å². The maximum Gasteiger partial charge on any atom is 0.325 e. The minimum atomic E-state index is -0.594. The summed E-state index contributed by atoms with van der Waals surface area (Å²) in [6.07, 6.45) is 1.89. The second-order valence-corrected chi connectivity index (χ2v) is 9.29. The summed E-state index contributed by atoms with van der Waals surface area (Å²) in [6.45, 7) is 6.70. The Morgan fingerprint density at radius 1 is 1.09 bits per heavy atom. The van der Waals surface area contributed by atoms with Crippen molar-refractivity contribution >= 4 is 28.7 Å². The second kappa shape index (κ2) is 9.28. The van der Waals surface area contributed by atoms with Crippen LogP contribution in [0.5, 0.6) is 0 Å². The molecule has 2 aromatic carbocycles. The zero-order valence-corrected chi connectivity index (χ0v) is 19.3. The first-order valence-electron chi connectivity index (χ1n) is 11.0. The van der Waals surface area contributed by atoms with E-state index in [1.54, 1.807) is 35.8 Å². The van der Waals surface area contributed by atoms with Crippen LogP contribution in [0.15, 0.2) is 48.7 Å². The van der Waals surface area contributed by atoms with Crippen molar-refractivity contribution in [1.29, 1.82) is 0 Å². The van der Waals surface area contributed by atoms with Crippen molar-refractivity contribution in [1.82, 2.24) is 20.7 Å². The lowest BCUT2D eigenvalue weighted by molar-refractivity contribution is -0.157. The van der Waals surface area contributed by atoms with Gasteiger partial charge in [-0.3, -0.25) is 24.9 Å². The molecule has 4 N–H and O–H groups in total. The van der Waals surface area contributed by atoms with Crippen LogP contribution in [0.4, 0.5) is 0 Å². The van der Waals surface area contributed by atoms with Crippen LogP contribution < -0.4 is 16.1 Å². The number of benzene rings is 2. The van der Waals surface area contributed by atoms with Gasteiger partial charge in [0.2, 0.25) is 0 Å². The van der Waals surface area contributed by atoms with Gasteiger partial charge in [0, 0.05) is 42.3 Å². The summed E-state index contributed by atoms with van der Waals surface area (Å²) in [4.78, 5) is 37.1. The topological polar surface area (TPSA) is 122 Å². The fourth-order valence-electron chi connectivity index (χ4n) is 4.03. The van der Waals surface area contributed by atoms with Crippen LogP contribution >= 0.6 is 0 Å². The molecule has 2 heterocycles. The van der Waals surface area contributed by atoms with Crippen LogP contribution in [0, 0.1) is 0 Å². The Balaban J connectivity index is 1.50. The lowest BCUT2D eigenvalue weighted by Gasteiger charge is -2.24. The molecule has 178 valence electrons. The number of esters is 1. The molecule has 1 unspecified atom stereocenters. The lowest BCUT2D eigenvalue weighted by Crippen LogP contribution is -2.42. The predicted octanol–water partition coefficient (Wildman–Crippen LogP) is 2.50. The van der Waals surface area contributed by atoms with Gasteiger partial charge in [0.25, 0.3) is 11.8 Å². The van der Waals surface area contributed by atoms with Gasteiger partial charge >= 0.3 is 5.97 Å². The third-order valence-corrected chi connectivity index (χ3v) is 5.63. The summed E-state index contributed by atoms with van der Waals surface area (Å²) >= 11 is 0. The van der Waals surface area contributed by atoms with E-state index in [-0.39, 0.29) is 18.4 Å². The van der Waals surface area contributed by atoms with E-state index < -0.39 is 17.6 Å². The first kappa shape index (κ1) is 23.5. The fraction of sp³-hybridized carbons (Fsp3) is 0.320. The molecule has 0 spiro atoms. The van der Waals surface area contributed by atoms with Crippen LogP contribution in [0.25, 0.3) is 10.9 Å². The van der Waals surface area contributed by atoms with Gasteiger partial charge in [-0.25, -0.2) is 5.48 Å². The summed E-state index contributed by atoms with van der Waals surface area (Å²) in [6, 6.07) is 11.7. The van der Waals surface area contributed by atoms with E-state index in [4.69, 9.17) is 9.94 Å². The standard InChI is InChI=1S/C25H28N4O5/c1-25(2,3)34-24(32)20-14-29-11-10-18-19(9-8-17(13-26-20)21(18)29)23(31)27-12-15-4-6-16(7-5-15)22(30)28-33/h4-11,20,26,33H,12-14H2,1-3H3,(H,27,31)(H,28,30). The van der Waals surface area contributed by atoms with Crippen LogP contribution in [0.3, 0.4) is 0 Å². The Bertz CT molecular complexity index is 1240. The predicted molar refractivity (Wildman–Crippen MR) is 125 cm³/mol. The summed E-state index contributed by atoms with van der Waals surface area (Å²) in [5.74, 6) is -1.12. The monoisotopic (exact) mass is 464 g/mol. The number of ether oxygens (including phenoxy) is 1. The summed E-state index contributed by atoms with van der Waals surface area (Å²) in [5, 5.41) is 15.7. The maximum absolute atomic E-state index is 13.0. The number of aromatic nitrogens is 1. The molecule has 9 nitrogen and oxygen atoms in total. The number of rotatable bonds is 5. The van der Waals surface area contributed by atoms with Crippen molar-refractivity contribution in [3.63, 3.8) is 0 Å². The van der Waals surface area contributed by atoms with E-state index in [1.807, 2.05) is 43.7 Å². The number of nitrogens with zero attached hydrogens (tertiary/aromatic N) is 1. The molecule has 3 aromatic rings. The van der Waals surface area contributed by atoms with Crippen molar-refractivity contribution in [2.24, 2.45) is 0 Å². The maximum atomic E-state index is 13.0. The van der Waals surface area contributed by atoms with Gasteiger partial charge < -0.3 is 14.6 Å². The molecular weight excluding hydrogens is 436 g/mol. The largest absolute Gasteiger partial charge is 0.459 e. The average molecular weight is 465 g/mol. The number of carbonyl (C=O) groups excluding carboxylic acids is 3. The molecule has 0 bridgehead atoms. The number of hydrogen-bond donors (Lipinski definition) is 4. The van der Waals surface area contributed by atoms with E-state index in [2.05, 4.69) is 10.6 Å². The number of hydrogen-bond acceptors (Lipinski definition) is 6. The quantitative estimate of drug-likeness (QED) is 0.262. The van der Waals surface area contributed by atoms with E-state index in [9.17, 15) is 14.4 Å². The zero-order valence-electron chi connectivity index (χ0n) is 19.3. The molecule has 1 aliphatic heterocycles. The molecule has 4 rings (SSSR count). The second-order valence-electron chi connectivity index (χ2n) is 9.29. The van der Waals surface area contributed by atoms with Gasteiger partial charge in [0.1, 0.15) is 11.6 Å². The third-order valence-electron chi connectivity index (χ3n) is 5.63. The minimum Gasteiger partial charge on any atom is -0.459 e. The summed E-state index contributed by atoms with van der Waals surface area (Å²) in [5.41, 5.74) is 4.62. The average Bonchev–Trinajstić information content (AvgIpc) is 3.12. The molecular formula is C25H28N4O5. The van der Waals surface area contributed by atoms with Crippen molar-refractivity contribution in [2.75, 3.05) is 0 Å². The fourth-order valence-corrected chi connectivity index (χ4v) is 4.03. The van der Waals surface area contributed by atoms with E-state index in [1.165, 1.54) is 0 Å². The van der Waals surface area contributed by atoms with Crippen LogP contribution in [0.1, 0.15) is 52.6 Å². The number of amides is 2. The number of nitrogens with one attached hydrogen (secondary N) is 3. The molecule has 0 saturated carbocycles. The Morgan fingerprint density at radius 3 is 2.50 bits per heavy atom. The van der Waals surface area contributed by atoms with Crippen LogP contribution in [0.2, 0.25) is 0 Å². The Kier molecular flexibility index (Phi) is 6.41. The third kappa shape index (κ3) is 4.95. The Labute approximate surface area is 197 Å². The Morgan fingerprint density at radius 2 is 1.82 bits per heavy atom. The van der Waals surface area contributed by atoms with Crippen LogP contribution in [-0.4, -0.2) is 39.2 Å². The van der Waals surface area contributed by atoms with Crippen molar-refractivity contribution in [3.05, 3.63) is 70.9 Å².